The molecular formula is C19H18N2O4S. The second-order valence-electron chi connectivity index (χ2n) is 5.76. The molecule has 134 valence electrons. The highest BCUT2D eigenvalue weighted by molar-refractivity contribution is 7.13. The first-order chi connectivity index (χ1) is 12.5. The van der Waals surface area contributed by atoms with Gasteiger partial charge in [0, 0.05) is 28.9 Å². The minimum atomic E-state index is -0.543. The normalized spacial score (nSPS) is 10.7. The number of ether oxygens (including phenoxy) is 1. The molecule has 0 radical (unpaired) electrons. The predicted molar refractivity (Wildman–Crippen MR) is 102 cm³/mol. The van der Waals surface area contributed by atoms with Crippen LogP contribution >= 0.6 is 11.3 Å². The zero-order chi connectivity index (χ0) is 18.7. The summed E-state index contributed by atoms with van der Waals surface area (Å²) in [4.78, 5) is 28.2. The Hall–Kier alpha value is -2.93. The first kappa shape index (κ1) is 17.9. The summed E-state index contributed by atoms with van der Waals surface area (Å²) in [5, 5.41) is 6.01. The molecule has 0 spiro atoms. The summed E-state index contributed by atoms with van der Waals surface area (Å²) in [5.41, 5.74) is 2.80. The number of nitrogens with one attached hydrogen (secondary N) is 1. The van der Waals surface area contributed by atoms with E-state index in [1.165, 1.54) is 17.4 Å². The number of benzene rings is 1. The summed E-state index contributed by atoms with van der Waals surface area (Å²) < 4.78 is 10.7. The minimum absolute atomic E-state index is 0.0314. The third-order valence-electron chi connectivity index (χ3n) is 3.99. The lowest BCUT2D eigenvalue weighted by Gasteiger charge is -2.09. The van der Waals surface area contributed by atoms with Crippen molar-refractivity contribution in [2.75, 3.05) is 11.9 Å². The van der Waals surface area contributed by atoms with Crippen LogP contribution in [0.25, 0.3) is 11.0 Å². The van der Waals surface area contributed by atoms with Gasteiger partial charge in [-0.1, -0.05) is 18.2 Å². The maximum Gasteiger partial charge on any atom is 0.358 e. The topological polar surface area (TPSA) is 81.4 Å². The lowest BCUT2D eigenvalue weighted by molar-refractivity contribution is 0.0468. The number of thiazole rings is 1. The van der Waals surface area contributed by atoms with Gasteiger partial charge in [0.05, 0.1) is 0 Å². The Kier molecular flexibility index (Phi) is 5.18. The number of aryl methyl sites for hydroxylation is 2. The Morgan fingerprint density at radius 2 is 2.23 bits per heavy atom. The van der Waals surface area contributed by atoms with Gasteiger partial charge in [-0.15, -0.1) is 17.9 Å². The van der Waals surface area contributed by atoms with Gasteiger partial charge in [0.1, 0.15) is 12.2 Å². The summed E-state index contributed by atoms with van der Waals surface area (Å²) in [6, 6.07) is 5.16. The van der Waals surface area contributed by atoms with Crippen molar-refractivity contribution in [3.05, 3.63) is 69.0 Å². The third kappa shape index (κ3) is 3.67. The van der Waals surface area contributed by atoms with Crippen molar-refractivity contribution in [3.63, 3.8) is 0 Å². The van der Waals surface area contributed by atoms with E-state index in [1.54, 1.807) is 11.5 Å². The summed E-state index contributed by atoms with van der Waals surface area (Å²) in [6.45, 7) is 7.98. The molecule has 2 heterocycles. The molecule has 0 atom stereocenters. The van der Waals surface area contributed by atoms with E-state index >= 15 is 0 Å². The minimum Gasteiger partial charge on any atom is -0.456 e. The highest BCUT2D eigenvalue weighted by Gasteiger charge is 2.15. The van der Waals surface area contributed by atoms with Crippen LogP contribution < -0.4 is 10.9 Å². The highest BCUT2D eigenvalue weighted by atomic mass is 32.1. The number of hydrogen-bond donors (Lipinski definition) is 1. The number of aromatic nitrogens is 1. The second kappa shape index (κ2) is 7.53. The number of anilines is 1. The van der Waals surface area contributed by atoms with Gasteiger partial charge in [0.15, 0.2) is 10.8 Å². The molecule has 0 aliphatic rings. The third-order valence-corrected chi connectivity index (χ3v) is 4.79. The van der Waals surface area contributed by atoms with Crippen molar-refractivity contribution < 1.29 is 13.9 Å². The lowest BCUT2D eigenvalue weighted by atomic mass is 10.0. The molecule has 0 aliphatic carbocycles. The first-order valence-electron chi connectivity index (χ1n) is 8.00. The maximum absolute atomic E-state index is 12.2. The number of hydrogen-bond acceptors (Lipinski definition) is 7. The van der Waals surface area contributed by atoms with E-state index in [0.29, 0.717) is 22.8 Å². The van der Waals surface area contributed by atoms with E-state index in [4.69, 9.17) is 9.15 Å². The van der Waals surface area contributed by atoms with Crippen LogP contribution in [0.3, 0.4) is 0 Å². The molecule has 3 aromatic rings. The van der Waals surface area contributed by atoms with Crippen molar-refractivity contribution in [3.8, 4) is 0 Å². The van der Waals surface area contributed by atoms with E-state index in [1.807, 2.05) is 26.0 Å². The van der Waals surface area contributed by atoms with E-state index in [2.05, 4.69) is 16.9 Å². The molecule has 0 fully saturated rings. The standard InChI is InChI=1S/C19H18N2O4S/c1-4-7-20-19-21-15(10-26-19)18(23)24-9-13-8-16(22)25-17-12(3)11(2)5-6-14(13)17/h4-6,8,10H,1,7,9H2,2-3H3,(H,20,21). The van der Waals surface area contributed by atoms with Crippen molar-refractivity contribution in [2.24, 2.45) is 0 Å². The summed E-state index contributed by atoms with van der Waals surface area (Å²) in [6.07, 6.45) is 1.70. The molecule has 6 nitrogen and oxygen atoms in total. The van der Waals surface area contributed by atoms with Crippen LogP contribution in [0.5, 0.6) is 0 Å². The SMILES string of the molecule is C=CCNc1nc(C(=O)OCc2cc(=O)oc3c(C)c(C)ccc23)cs1. The molecule has 0 bridgehead atoms. The average molecular weight is 370 g/mol. The molecule has 1 aromatic carbocycles. The van der Waals surface area contributed by atoms with Crippen molar-refractivity contribution >= 4 is 33.4 Å². The lowest BCUT2D eigenvalue weighted by Crippen LogP contribution is -2.09. The van der Waals surface area contributed by atoms with Crippen molar-refractivity contribution in [2.45, 2.75) is 20.5 Å². The molecule has 2 aromatic heterocycles. The number of carbonyl (C=O) groups excluding carboxylic acids is 1. The van der Waals surface area contributed by atoms with Gasteiger partial charge in [-0.05, 0) is 25.0 Å². The second-order valence-corrected chi connectivity index (χ2v) is 6.62. The summed E-state index contributed by atoms with van der Waals surface area (Å²) in [5.74, 6) is -0.543. The van der Waals surface area contributed by atoms with Gasteiger partial charge in [-0.3, -0.25) is 0 Å². The van der Waals surface area contributed by atoms with Crippen LogP contribution in [0, 0.1) is 13.8 Å². The van der Waals surface area contributed by atoms with Gasteiger partial charge in [0.25, 0.3) is 0 Å². The van der Waals surface area contributed by atoms with Gasteiger partial charge in [0.2, 0.25) is 0 Å². The molecule has 0 unspecified atom stereocenters. The largest absolute Gasteiger partial charge is 0.456 e. The number of rotatable bonds is 6. The molecule has 3 rings (SSSR count). The van der Waals surface area contributed by atoms with Crippen LogP contribution in [0.4, 0.5) is 5.13 Å². The number of fused-ring (bicyclic) bond motifs is 1. The quantitative estimate of drug-likeness (QED) is 0.404. The fraction of sp³-hybridized carbons (Fsp3) is 0.211. The number of esters is 1. The summed E-state index contributed by atoms with van der Waals surface area (Å²) in [7, 11) is 0. The fourth-order valence-corrected chi connectivity index (χ4v) is 3.16. The van der Waals surface area contributed by atoms with Crippen LogP contribution in [-0.4, -0.2) is 17.5 Å². The van der Waals surface area contributed by atoms with Crippen LogP contribution in [-0.2, 0) is 11.3 Å². The first-order valence-corrected chi connectivity index (χ1v) is 8.88. The van der Waals surface area contributed by atoms with E-state index in [0.717, 1.165) is 16.5 Å². The van der Waals surface area contributed by atoms with Gasteiger partial charge >= 0.3 is 11.6 Å². The molecule has 0 amide bonds. The maximum atomic E-state index is 12.2. The van der Waals surface area contributed by atoms with E-state index < -0.39 is 11.6 Å². The van der Waals surface area contributed by atoms with Crippen molar-refractivity contribution in [1.29, 1.82) is 0 Å². The van der Waals surface area contributed by atoms with Crippen LogP contribution in [0.1, 0.15) is 27.2 Å². The zero-order valence-electron chi connectivity index (χ0n) is 14.5. The molecule has 26 heavy (non-hydrogen) atoms. The monoisotopic (exact) mass is 370 g/mol. The molecule has 1 N–H and O–H groups in total. The molecule has 7 heteroatoms. The summed E-state index contributed by atoms with van der Waals surface area (Å²) >= 11 is 1.31. The Morgan fingerprint density at radius 1 is 1.42 bits per heavy atom. The van der Waals surface area contributed by atoms with Gasteiger partial charge in [-0.25, -0.2) is 14.6 Å². The fourth-order valence-electron chi connectivity index (χ4n) is 2.47. The zero-order valence-corrected chi connectivity index (χ0v) is 15.3. The van der Waals surface area contributed by atoms with Gasteiger partial charge in [-0.2, -0.15) is 0 Å². The smallest absolute Gasteiger partial charge is 0.358 e. The highest BCUT2D eigenvalue weighted by Crippen LogP contribution is 2.24. The Bertz CT molecular complexity index is 1040. The van der Waals surface area contributed by atoms with E-state index in [9.17, 15) is 9.59 Å². The van der Waals surface area contributed by atoms with Crippen molar-refractivity contribution in [1.82, 2.24) is 4.98 Å². The molecule has 0 saturated carbocycles. The Labute approximate surface area is 154 Å². The van der Waals surface area contributed by atoms with Gasteiger partial charge < -0.3 is 14.5 Å². The molecule has 0 aliphatic heterocycles. The molecule has 0 saturated heterocycles. The van der Waals surface area contributed by atoms with Crippen LogP contribution in [0.15, 0.2) is 45.4 Å². The predicted octanol–water partition coefficient (Wildman–Crippen LogP) is 3.82. The van der Waals surface area contributed by atoms with E-state index in [-0.39, 0.29) is 12.3 Å². The molecular weight excluding hydrogens is 352 g/mol. The average Bonchev–Trinajstić information content (AvgIpc) is 3.10. The Balaban J connectivity index is 1.80. The number of carbonyl (C=O) groups is 1. The van der Waals surface area contributed by atoms with Crippen LogP contribution in [0.2, 0.25) is 0 Å². The number of nitrogens with zero attached hydrogens (tertiary/aromatic N) is 1. The Morgan fingerprint density at radius 3 is 3.00 bits per heavy atom.